The van der Waals surface area contributed by atoms with Crippen molar-refractivity contribution in [2.45, 2.75) is 12.5 Å². The Balaban J connectivity index is 1.81. The first-order valence-electron chi connectivity index (χ1n) is 6.90. The van der Waals surface area contributed by atoms with Crippen molar-refractivity contribution in [3.63, 3.8) is 0 Å². The molecule has 110 valence electrons. The number of imide groups is 1. The van der Waals surface area contributed by atoms with E-state index in [0.717, 1.165) is 12.1 Å². The Morgan fingerprint density at radius 2 is 2.10 bits per heavy atom. The van der Waals surface area contributed by atoms with Crippen molar-refractivity contribution in [2.75, 3.05) is 26.2 Å². The fourth-order valence-electron chi connectivity index (χ4n) is 2.27. The van der Waals surface area contributed by atoms with Crippen molar-refractivity contribution < 1.29 is 9.59 Å². The zero-order valence-corrected chi connectivity index (χ0v) is 11.7. The van der Waals surface area contributed by atoms with Gasteiger partial charge in [-0.2, -0.15) is 5.26 Å². The highest BCUT2D eigenvalue weighted by Crippen LogP contribution is 2.02. The molecule has 2 N–H and O–H groups in total. The minimum absolute atomic E-state index is 0.0699. The molecule has 0 spiro atoms. The third-order valence-electron chi connectivity index (χ3n) is 3.34. The molecule has 1 aromatic rings. The molecule has 2 amide bonds. The topological polar surface area (TPSA) is 85.2 Å². The number of carbonyl (C=O) groups excluding carboxylic acids is 2. The van der Waals surface area contributed by atoms with Gasteiger partial charge >= 0.3 is 0 Å². The highest BCUT2D eigenvalue weighted by Gasteiger charge is 2.24. The molecule has 1 atom stereocenters. The van der Waals surface area contributed by atoms with Crippen molar-refractivity contribution in [1.29, 1.82) is 5.26 Å². The molecule has 0 aliphatic carbocycles. The van der Waals surface area contributed by atoms with Crippen LogP contribution >= 0.6 is 0 Å². The average Bonchev–Trinajstić information content (AvgIpc) is 2.48. The molecule has 21 heavy (non-hydrogen) atoms. The number of benzene rings is 1. The van der Waals surface area contributed by atoms with Gasteiger partial charge in [-0.05, 0) is 5.56 Å². The van der Waals surface area contributed by atoms with Crippen molar-refractivity contribution in [1.82, 2.24) is 15.5 Å². The van der Waals surface area contributed by atoms with Crippen LogP contribution in [0.1, 0.15) is 5.56 Å². The van der Waals surface area contributed by atoms with Crippen LogP contribution in [0.4, 0.5) is 0 Å². The van der Waals surface area contributed by atoms with Gasteiger partial charge in [0.1, 0.15) is 6.04 Å². The number of nitriles is 1. The van der Waals surface area contributed by atoms with E-state index in [1.807, 2.05) is 30.3 Å². The Labute approximate surface area is 123 Å². The Morgan fingerprint density at radius 3 is 2.81 bits per heavy atom. The zero-order chi connectivity index (χ0) is 15.1. The Hall–Kier alpha value is -2.23. The smallest absolute Gasteiger partial charge is 0.240 e. The van der Waals surface area contributed by atoms with Crippen molar-refractivity contribution in [2.24, 2.45) is 0 Å². The summed E-state index contributed by atoms with van der Waals surface area (Å²) < 4.78 is 0. The van der Waals surface area contributed by atoms with Crippen molar-refractivity contribution in [3.8, 4) is 6.07 Å². The number of rotatable bonds is 4. The molecule has 1 fully saturated rings. The summed E-state index contributed by atoms with van der Waals surface area (Å²) in [6.45, 7) is 1.98. The third-order valence-corrected chi connectivity index (χ3v) is 3.34. The second kappa shape index (κ2) is 7.53. The van der Waals surface area contributed by atoms with E-state index in [0.29, 0.717) is 13.1 Å². The molecule has 1 saturated heterocycles. The summed E-state index contributed by atoms with van der Waals surface area (Å²) in [5.74, 6) is -0.687. The van der Waals surface area contributed by atoms with Gasteiger partial charge in [0.15, 0.2) is 0 Å². The summed E-state index contributed by atoms with van der Waals surface area (Å²) in [5, 5.41) is 14.5. The normalized spacial score (nSPS) is 18.7. The Morgan fingerprint density at radius 1 is 1.33 bits per heavy atom. The Bertz CT molecular complexity index is 538. The monoisotopic (exact) mass is 286 g/mol. The minimum atomic E-state index is -0.363. The molecular formula is C15H18N4O2. The number of hydrogen-bond donors (Lipinski definition) is 2. The molecular weight excluding hydrogens is 268 g/mol. The van der Waals surface area contributed by atoms with Crippen LogP contribution in [0.3, 0.4) is 0 Å². The fourth-order valence-corrected chi connectivity index (χ4v) is 2.27. The molecule has 0 aromatic heterocycles. The van der Waals surface area contributed by atoms with Crippen LogP contribution in [0.2, 0.25) is 0 Å². The largest absolute Gasteiger partial charge is 0.313 e. The maximum Gasteiger partial charge on any atom is 0.240 e. The summed E-state index contributed by atoms with van der Waals surface area (Å²) in [6.07, 6.45) is 0.176. The van der Waals surface area contributed by atoms with Gasteiger partial charge in [-0.3, -0.25) is 19.8 Å². The van der Waals surface area contributed by atoms with Gasteiger partial charge in [0.05, 0.1) is 19.0 Å². The number of piperazine rings is 1. The van der Waals surface area contributed by atoms with Crippen LogP contribution in [0, 0.1) is 11.3 Å². The second-order valence-electron chi connectivity index (χ2n) is 4.95. The van der Waals surface area contributed by atoms with E-state index in [2.05, 4.69) is 16.7 Å². The van der Waals surface area contributed by atoms with Gasteiger partial charge in [-0.1, -0.05) is 30.3 Å². The fraction of sp³-hybridized carbons (Fsp3) is 0.400. The molecule has 1 aliphatic rings. The van der Waals surface area contributed by atoms with E-state index < -0.39 is 0 Å². The van der Waals surface area contributed by atoms with Crippen LogP contribution in [0.25, 0.3) is 0 Å². The molecule has 6 heteroatoms. The third kappa shape index (κ3) is 4.67. The van der Waals surface area contributed by atoms with Crippen LogP contribution in [-0.4, -0.2) is 48.9 Å². The lowest BCUT2D eigenvalue weighted by atomic mass is 10.1. The van der Waals surface area contributed by atoms with Crippen LogP contribution < -0.4 is 10.6 Å². The van der Waals surface area contributed by atoms with E-state index in [9.17, 15) is 9.59 Å². The number of hydrogen-bond acceptors (Lipinski definition) is 5. The lowest BCUT2D eigenvalue weighted by Crippen LogP contribution is -2.53. The first-order chi connectivity index (χ1) is 10.2. The molecule has 1 aliphatic heterocycles. The summed E-state index contributed by atoms with van der Waals surface area (Å²) in [6, 6.07) is 11.1. The number of carbonyl (C=O) groups is 2. The maximum absolute atomic E-state index is 11.9. The predicted molar refractivity (Wildman–Crippen MR) is 77.1 cm³/mol. The van der Waals surface area contributed by atoms with E-state index in [1.54, 1.807) is 4.90 Å². The van der Waals surface area contributed by atoms with E-state index in [1.165, 1.54) is 0 Å². The molecule has 1 aromatic carbocycles. The minimum Gasteiger partial charge on any atom is -0.313 e. The van der Waals surface area contributed by atoms with Gasteiger partial charge in [-0.15, -0.1) is 0 Å². The number of nitrogens with zero attached hydrogens (tertiary/aromatic N) is 2. The molecule has 0 saturated carbocycles. The first kappa shape index (κ1) is 15.2. The zero-order valence-electron chi connectivity index (χ0n) is 11.7. The molecule has 1 unspecified atom stereocenters. The van der Waals surface area contributed by atoms with E-state index in [4.69, 9.17) is 5.26 Å². The van der Waals surface area contributed by atoms with E-state index >= 15 is 0 Å². The van der Waals surface area contributed by atoms with Gasteiger partial charge in [0.25, 0.3) is 0 Å². The molecule has 1 heterocycles. The average molecular weight is 286 g/mol. The quantitative estimate of drug-likeness (QED) is 0.791. The van der Waals surface area contributed by atoms with Gasteiger partial charge < -0.3 is 5.32 Å². The van der Waals surface area contributed by atoms with Crippen molar-refractivity contribution in [3.05, 3.63) is 35.9 Å². The Kier molecular flexibility index (Phi) is 5.43. The summed E-state index contributed by atoms with van der Waals surface area (Å²) in [7, 11) is 0. The van der Waals surface area contributed by atoms with Crippen LogP contribution in [0.5, 0.6) is 0 Å². The summed E-state index contributed by atoms with van der Waals surface area (Å²) in [4.78, 5) is 25.4. The molecule has 0 radical (unpaired) electrons. The van der Waals surface area contributed by atoms with Gasteiger partial charge in [0.2, 0.25) is 11.8 Å². The standard InChI is InChI=1S/C15H18N4O2/c16-9-13-10-17-6-7-19(13)11-15(21)18-14(20)8-12-4-2-1-3-5-12/h1-5,13,17H,6-8,10-11H2,(H,18,20,21). The van der Waals surface area contributed by atoms with E-state index in [-0.39, 0.29) is 30.8 Å². The SMILES string of the molecule is N#CC1CNCCN1CC(=O)NC(=O)Cc1ccccc1. The summed E-state index contributed by atoms with van der Waals surface area (Å²) in [5.41, 5.74) is 0.861. The number of nitrogens with one attached hydrogen (secondary N) is 2. The van der Waals surface area contributed by atoms with Gasteiger partial charge in [0, 0.05) is 19.6 Å². The van der Waals surface area contributed by atoms with Gasteiger partial charge in [-0.25, -0.2) is 0 Å². The predicted octanol–water partition coefficient (Wildman–Crippen LogP) is -0.331. The van der Waals surface area contributed by atoms with Crippen molar-refractivity contribution >= 4 is 11.8 Å². The summed E-state index contributed by atoms with van der Waals surface area (Å²) >= 11 is 0. The lowest BCUT2D eigenvalue weighted by molar-refractivity contribution is -0.131. The highest BCUT2D eigenvalue weighted by atomic mass is 16.2. The second-order valence-corrected chi connectivity index (χ2v) is 4.95. The first-order valence-corrected chi connectivity index (χ1v) is 6.90. The molecule has 2 rings (SSSR count). The van der Waals surface area contributed by atoms with Crippen LogP contribution in [0.15, 0.2) is 30.3 Å². The lowest BCUT2D eigenvalue weighted by Gasteiger charge is -2.30. The highest BCUT2D eigenvalue weighted by molar-refractivity contribution is 5.96. The molecule has 6 nitrogen and oxygen atoms in total. The van der Waals surface area contributed by atoms with Crippen LogP contribution in [-0.2, 0) is 16.0 Å². The number of amides is 2. The maximum atomic E-state index is 11.9. The molecule has 0 bridgehead atoms.